The first-order chi connectivity index (χ1) is 10.1. The number of benzene rings is 1. The quantitative estimate of drug-likeness (QED) is 0.856. The number of hydrogen-bond donors (Lipinski definition) is 1. The van der Waals surface area contributed by atoms with Gasteiger partial charge in [0.25, 0.3) is 0 Å². The minimum Gasteiger partial charge on any atom is -0.325 e. The van der Waals surface area contributed by atoms with Gasteiger partial charge in [-0.05, 0) is 47.9 Å². The molecule has 8 heteroatoms. The van der Waals surface area contributed by atoms with Gasteiger partial charge in [-0.3, -0.25) is 4.79 Å². The third-order valence-corrected chi connectivity index (χ3v) is 4.57. The molecule has 0 spiro atoms. The van der Waals surface area contributed by atoms with Crippen LogP contribution in [0.4, 0.5) is 5.69 Å². The number of aromatic nitrogens is 4. The summed E-state index contributed by atoms with van der Waals surface area (Å²) in [6.45, 7) is 1.87. The third-order valence-electron chi connectivity index (χ3n) is 3.23. The van der Waals surface area contributed by atoms with Gasteiger partial charge in [0.05, 0.1) is 11.8 Å². The van der Waals surface area contributed by atoms with Crippen LogP contribution in [0.2, 0.25) is 5.02 Å². The number of hydrogen-bond acceptors (Lipinski definition) is 5. The summed E-state index contributed by atoms with van der Waals surface area (Å²) in [6.07, 6.45) is 2.21. The van der Waals surface area contributed by atoms with E-state index in [1.54, 1.807) is 10.7 Å². The monoisotopic (exact) mass is 323 g/mol. The van der Waals surface area contributed by atoms with E-state index >= 15 is 0 Å². The van der Waals surface area contributed by atoms with E-state index < -0.39 is 0 Å². The number of rotatable bonds is 5. The summed E-state index contributed by atoms with van der Waals surface area (Å²) in [5, 5.41) is 15.8. The van der Waals surface area contributed by atoms with Gasteiger partial charge in [0.2, 0.25) is 11.1 Å². The van der Waals surface area contributed by atoms with E-state index in [1.807, 2.05) is 19.1 Å². The van der Waals surface area contributed by atoms with Gasteiger partial charge in [-0.1, -0.05) is 29.4 Å². The minimum atomic E-state index is -0.101. The van der Waals surface area contributed by atoms with Crippen molar-refractivity contribution in [2.45, 2.75) is 31.0 Å². The van der Waals surface area contributed by atoms with Crippen molar-refractivity contribution in [2.24, 2.45) is 0 Å². The molecule has 0 unspecified atom stereocenters. The second kappa shape index (κ2) is 6.03. The first-order valence-corrected chi connectivity index (χ1v) is 7.97. The van der Waals surface area contributed by atoms with Gasteiger partial charge in [-0.2, -0.15) is 0 Å². The second-order valence-corrected chi connectivity index (χ2v) is 6.24. The highest BCUT2D eigenvalue weighted by Crippen LogP contribution is 2.36. The molecule has 1 fully saturated rings. The van der Waals surface area contributed by atoms with Crippen LogP contribution in [0, 0.1) is 6.92 Å². The summed E-state index contributed by atoms with van der Waals surface area (Å²) in [6, 6.07) is 5.84. The van der Waals surface area contributed by atoms with E-state index in [1.165, 1.54) is 11.8 Å². The van der Waals surface area contributed by atoms with Crippen molar-refractivity contribution in [2.75, 3.05) is 11.1 Å². The number of nitrogens with one attached hydrogen (secondary N) is 1. The molecule has 3 rings (SSSR count). The van der Waals surface area contributed by atoms with Crippen molar-refractivity contribution < 1.29 is 4.79 Å². The van der Waals surface area contributed by atoms with Gasteiger partial charge in [-0.25, -0.2) is 4.68 Å². The highest BCUT2D eigenvalue weighted by molar-refractivity contribution is 7.99. The van der Waals surface area contributed by atoms with E-state index in [0.29, 0.717) is 16.2 Å². The van der Waals surface area contributed by atoms with Crippen molar-refractivity contribution in [3.8, 4) is 0 Å². The molecule has 0 saturated heterocycles. The van der Waals surface area contributed by atoms with E-state index in [9.17, 15) is 4.79 Å². The minimum absolute atomic E-state index is 0.101. The molecule has 1 aliphatic rings. The average molecular weight is 324 g/mol. The normalized spacial score (nSPS) is 14.2. The van der Waals surface area contributed by atoms with Gasteiger partial charge >= 0.3 is 0 Å². The predicted octanol–water partition coefficient (Wildman–Crippen LogP) is 2.70. The molecule has 6 nitrogen and oxygen atoms in total. The van der Waals surface area contributed by atoms with Gasteiger partial charge in [0.15, 0.2) is 0 Å². The van der Waals surface area contributed by atoms with Gasteiger partial charge in [-0.15, -0.1) is 5.10 Å². The standard InChI is InChI=1S/C13H14ClN5OS/c1-8-10(14)3-2-4-11(8)15-12(20)7-21-13-16-17-18-19(13)9-5-6-9/h2-4,9H,5-7H2,1H3,(H,15,20). The Morgan fingerprint density at radius 1 is 1.52 bits per heavy atom. The SMILES string of the molecule is Cc1c(Cl)cccc1NC(=O)CSc1nnnn1C1CC1. The van der Waals surface area contributed by atoms with Crippen molar-refractivity contribution in [3.05, 3.63) is 28.8 Å². The Hall–Kier alpha value is -1.60. The highest BCUT2D eigenvalue weighted by atomic mass is 35.5. The lowest BCUT2D eigenvalue weighted by molar-refractivity contribution is -0.113. The lowest BCUT2D eigenvalue weighted by Crippen LogP contribution is -2.15. The Kier molecular flexibility index (Phi) is 4.12. The Balaban J connectivity index is 1.59. The molecule has 1 heterocycles. The van der Waals surface area contributed by atoms with E-state index in [-0.39, 0.29) is 11.7 Å². The third kappa shape index (κ3) is 3.36. The topological polar surface area (TPSA) is 72.7 Å². The fourth-order valence-electron chi connectivity index (χ4n) is 1.89. The number of carbonyl (C=O) groups is 1. The van der Waals surface area contributed by atoms with Crippen LogP contribution in [-0.4, -0.2) is 31.9 Å². The van der Waals surface area contributed by atoms with Crippen LogP contribution in [0.5, 0.6) is 0 Å². The van der Waals surface area contributed by atoms with Gasteiger partial charge in [0, 0.05) is 10.7 Å². The van der Waals surface area contributed by atoms with Crippen LogP contribution in [0.15, 0.2) is 23.4 Å². The molecule has 1 amide bonds. The van der Waals surface area contributed by atoms with E-state index in [4.69, 9.17) is 11.6 Å². The zero-order chi connectivity index (χ0) is 14.8. The van der Waals surface area contributed by atoms with Crippen molar-refractivity contribution >= 4 is 35.0 Å². The largest absolute Gasteiger partial charge is 0.325 e. The van der Waals surface area contributed by atoms with Crippen molar-refractivity contribution in [1.29, 1.82) is 0 Å². The highest BCUT2D eigenvalue weighted by Gasteiger charge is 2.28. The van der Waals surface area contributed by atoms with Gasteiger partial charge < -0.3 is 5.32 Å². The van der Waals surface area contributed by atoms with Crippen LogP contribution in [0.25, 0.3) is 0 Å². The number of halogens is 1. The fourth-order valence-corrected chi connectivity index (χ4v) is 2.81. The first kappa shape index (κ1) is 14.3. The Bertz CT molecular complexity index is 670. The van der Waals surface area contributed by atoms with Crippen LogP contribution >= 0.6 is 23.4 Å². The lowest BCUT2D eigenvalue weighted by Gasteiger charge is -2.09. The number of tetrazole rings is 1. The molecule has 21 heavy (non-hydrogen) atoms. The lowest BCUT2D eigenvalue weighted by atomic mass is 10.2. The predicted molar refractivity (Wildman–Crippen MR) is 81.6 cm³/mol. The Morgan fingerprint density at radius 3 is 3.10 bits per heavy atom. The van der Waals surface area contributed by atoms with Crippen LogP contribution in [-0.2, 0) is 4.79 Å². The summed E-state index contributed by atoms with van der Waals surface area (Å²) in [5.74, 6) is 0.162. The van der Waals surface area contributed by atoms with E-state index in [0.717, 1.165) is 24.1 Å². The number of anilines is 1. The molecule has 2 aromatic rings. The Labute approximate surface area is 131 Å². The number of nitrogens with zero attached hydrogens (tertiary/aromatic N) is 4. The van der Waals surface area contributed by atoms with Crippen molar-refractivity contribution in [1.82, 2.24) is 20.2 Å². The average Bonchev–Trinajstić information content (AvgIpc) is 3.20. The summed E-state index contributed by atoms with van der Waals surface area (Å²) in [5.41, 5.74) is 1.59. The smallest absolute Gasteiger partial charge is 0.234 e. The maximum Gasteiger partial charge on any atom is 0.234 e. The van der Waals surface area contributed by atoms with Gasteiger partial charge in [0.1, 0.15) is 0 Å². The number of amides is 1. The van der Waals surface area contributed by atoms with Crippen LogP contribution < -0.4 is 5.32 Å². The molecule has 1 N–H and O–H groups in total. The molecule has 1 aromatic heterocycles. The zero-order valence-electron chi connectivity index (χ0n) is 11.4. The van der Waals surface area contributed by atoms with Crippen LogP contribution in [0.3, 0.4) is 0 Å². The van der Waals surface area contributed by atoms with Crippen LogP contribution in [0.1, 0.15) is 24.4 Å². The molecule has 1 saturated carbocycles. The molecular weight excluding hydrogens is 310 g/mol. The molecule has 0 bridgehead atoms. The fraction of sp³-hybridized carbons (Fsp3) is 0.385. The summed E-state index contributed by atoms with van der Waals surface area (Å²) < 4.78 is 1.79. The first-order valence-electron chi connectivity index (χ1n) is 6.61. The maximum absolute atomic E-state index is 12.0. The molecule has 1 aliphatic carbocycles. The molecule has 110 valence electrons. The molecule has 1 aromatic carbocycles. The van der Waals surface area contributed by atoms with Crippen molar-refractivity contribution in [3.63, 3.8) is 0 Å². The Morgan fingerprint density at radius 2 is 2.33 bits per heavy atom. The number of thioether (sulfide) groups is 1. The summed E-state index contributed by atoms with van der Waals surface area (Å²) in [7, 11) is 0. The zero-order valence-corrected chi connectivity index (χ0v) is 13.0. The second-order valence-electron chi connectivity index (χ2n) is 4.89. The maximum atomic E-state index is 12.0. The molecule has 0 radical (unpaired) electrons. The van der Waals surface area contributed by atoms with E-state index in [2.05, 4.69) is 20.8 Å². The summed E-state index contributed by atoms with van der Waals surface area (Å²) >= 11 is 7.37. The summed E-state index contributed by atoms with van der Waals surface area (Å²) in [4.78, 5) is 12.0. The number of carbonyl (C=O) groups excluding carboxylic acids is 1. The molecule has 0 aliphatic heterocycles. The molecular formula is C13H14ClN5OS. The molecule has 0 atom stereocenters.